The van der Waals surface area contributed by atoms with Gasteiger partial charge in [0.2, 0.25) is 0 Å². The third kappa shape index (κ3) is 2.93. The van der Waals surface area contributed by atoms with Gasteiger partial charge in [-0.05, 0) is 18.6 Å². The Morgan fingerprint density at radius 1 is 1.29 bits per heavy atom. The van der Waals surface area contributed by atoms with Crippen LogP contribution in [-0.2, 0) is 4.79 Å². The van der Waals surface area contributed by atoms with E-state index in [0.717, 1.165) is 16.6 Å². The third-order valence-corrected chi connectivity index (χ3v) is 2.52. The number of nitrogens with one attached hydrogen (secondary N) is 1. The maximum atomic E-state index is 10.4. The molecule has 0 atom stereocenters. The molecule has 2 N–H and O–H groups in total. The molecular formula is C13H14N2O2. The minimum atomic E-state index is -0.761. The van der Waals surface area contributed by atoms with Gasteiger partial charge in [0.05, 0.1) is 11.2 Å². The summed E-state index contributed by atoms with van der Waals surface area (Å²) in [6, 6.07) is 9.83. The second-order valence-electron chi connectivity index (χ2n) is 3.80. The Labute approximate surface area is 99.3 Å². The molecule has 2 aromatic rings. The van der Waals surface area contributed by atoms with Gasteiger partial charge in [-0.1, -0.05) is 18.2 Å². The molecule has 4 nitrogen and oxygen atoms in total. The van der Waals surface area contributed by atoms with Crippen LogP contribution in [0.15, 0.2) is 36.5 Å². The predicted octanol–water partition coefficient (Wildman–Crippen LogP) is 2.51. The van der Waals surface area contributed by atoms with Gasteiger partial charge in [0.25, 0.3) is 0 Å². The number of rotatable bonds is 5. The standard InChI is InChI=1S/C13H14N2O2/c16-12(17)7-3-8-14-11-6-1-4-10-5-2-9-15-13(10)11/h1-2,4-6,9,14H,3,7-8H2,(H,16,17). The molecule has 0 radical (unpaired) electrons. The second-order valence-corrected chi connectivity index (χ2v) is 3.80. The number of anilines is 1. The monoisotopic (exact) mass is 230 g/mol. The number of carbonyl (C=O) groups is 1. The lowest BCUT2D eigenvalue weighted by atomic mass is 10.2. The van der Waals surface area contributed by atoms with Gasteiger partial charge in [0, 0.05) is 24.5 Å². The van der Waals surface area contributed by atoms with Crippen molar-refractivity contribution in [2.45, 2.75) is 12.8 Å². The quantitative estimate of drug-likeness (QED) is 0.775. The number of hydrogen-bond donors (Lipinski definition) is 2. The van der Waals surface area contributed by atoms with E-state index in [4.69, 9.17) is 5.11 Å². The maximum absolute atomic E-state index is 10.4. The first kappa shape index (κ1) is 11.4. The zero-order chi connectivity index (χ0) is 12.1. The zero-order valence-corrected chi connectivity index (χ0v) is 9.39. The highest BCUT2D eigenvalue weighted by atomic mass is 16.4. The number of carboxylic acid groups (broad SMARTS) is 1. The SMILES string of the molecule is O=C(O)CCCNc1cccc2cccnc12. The van der Waals surface area contributed by atoms with Crippen molar-refractivity contribution in [3.05, 3.63) is 36.5 Å². The number of aromatic nitrogens is 1. The highest BCUT2D eigenvalue weighted by molar-refractivity contribution is 5.90. The molecule has 1 heterocycles. The number of fused-ring (bicyclic) bond motifs is 1. The van der Waals surface area contributed by atoms with Gasteiger partial charge in [-0.3, -0.25) is 9.78 Å². The van der Waals surface area contributed by atoms with Crippen molar-refractivity contribution < 1.29 is 9.90 Å². The number of carboxylic acids is 1. The predicted molar refractivity (Wildman–Crippen MR) is 67.1 cm³/mol. The Hall–Kier alpha value is -2.10. The Kier molecular flexibility index (Phi) is 3.55. The summed E-state index contributed by atoms with van der Waals surface area (Å²) in [5.41, 5.74) is 1.87. The van der Waals surface area contributed by atoms with Crippen molar-refractivity contribution in [2.24, 2.45) is 0 Å². The van der Waals surface area contributed by atoms with Gasteiger partial charge in [-0.2, -0.15) is 0 Å². The molecule has 0 amide bonds. The largest absolute Gasteiger partial charge is 0.481 e. The first-order valence-electron chi connectivity index (χ1n) is 5.57. The van der Waals surface area contributed by atoms with E-state index in [1.54, 1.807) is 6.20 Å². The van der Waals surface area contributed by atoms with Gasteiger partial charge in [-0.25, -0.2) is 0 Å². The van der Waals surface area contributed by atoms with Gasteiger partial charge in [-0.15, -0.1) is 0 Å². The van der Waals surface area contributed by atoms with Crippen LogP contribution in [-0.4, -0.2) is 22.6 Å². The van der Waals surface area contributed by atoms with E-state index < -0.39 is 5.97 Å². The van der Waals surface area contributed by atoms with E-state index in [1.807, 2.05) is 30.3 Å². The fourth-order valence-corrected chi connectivity index (χ4v) is 1.71. The Morgan fingerprint density at radius 3 is 2.94 bits per heavy atom. The van der Waals surface area contributed by atoms with Crippen molar-refractivity contribution in [2.75, 3.05) is 11.9 Å². The summed E-state index contributed by atoms with van der Waals surface area (Å²) in [6.07, 6.45) is 2.55. The second kappa shape index (κ2) is 5.30. The molecule has 2 rings (SSSR count). The summed E-state index contributed by atoms with van der Waals surface area (Å²) in [5, 5.41) is 12.8. The van der Waals surface area contributed by atoms with E-state index in [0.29, 0.717) is 13.0 Å². The highest BCUT2D eigenvalue weighted by Crippen LogP contribution is 2.20. The summed E-state index contributed by atoms with van der Waals surface area (Å²) in [4.78, 5) is 14.7. The summed E-state index contributed by atoms with van der Waals surface area (Å²) >= 11 is 0. The van der Waals surface area contributed by atoms with Gasteiger partial charge >= 0.3 is 5.97 Å². The summed E-state index contributed by atoms with van der Waals surface area (Å²) in [7, 11) is 0. The molecule has 88 valence electrons. The molecule has 0 bridgehead atoms. The number of para-hydroxylation sites is 1. The number of pyridine rings is 1. The smallest absolute Gasteiger partial charge is 0.303 e. The van der Waals surface area contributed by atoms with Crippen molar-refractivity contribution in [1.82, 2.24) is 4.98 Å². The Balaban J connectivity index is 2.05. The summed E-state index contributed by atoms with van der Waals surface area (Å²) < 4.78 is 0. The number of hydrogen-bond acceptors (Lipinski definition) is 3. The van der Waals surface area contributed by atoms with Crippen molar-refractivity contribution in [3.8, 4) is 0 Å². The van der Waals surface area contributed by atoms with E-state index in [2.05, 4.69) is 10.3 Å². The highest BCUT2D eigenvalue weighted by Gasteiger charge is 2.01. The number of aliphatic carboxylic acids is 1. The molecule has 4 heteroatoms. The Bertz CT molecular complexity index is 520. The van der Waals surface area contributed by atoms with E-state index in [-0.39, 0.29) is 6.42 Å². The zero-order valence-electron chi connectivity index (χ0n) is 9.39. The van der Waals surface area contributed by atoms with Gasteiger partial charge in [0.15, 0.2) is 0 Å². The first-order valence-corrected chi connectivity index (χ1v) is 5.57. The molecule has 0 saturated carbocycles. The van der Waals surface area contributed by atoms with Crippen LogP contribution in [0.25, 0.3) is 10.9 Å². The van der Waals surface area contributed by atoms with E-state index in [1.165, 1.54) is 0 Å². The van der Waals surface area contributed by atoms with Crippen LogP contribution >= 0.6 is 0 Å². The van der Waals surface area contributed by atoms with Crippen LogP contribution < -0.4 is 5.32 Å². The van der Waals surface area contributed by atoms with Crippen LogP contribution in [0, 0.1) is 0 Å². The minimum Gasteiger partial charge on any atom is -0.481 e. The topological polar surface area (TPSA) is 62.2 Å². The average Bonchev–Trinajstić information content (AvgIpc) is 2.34. The maximum Gasteiger partial charge on any atom is 0.303 e. The van der Waals surface area contributed by atoms with Crippen molar-refractivity contribution in [1.29, 1.82) is 0 Å². The molecule has 0 saturated heterocycles. The lowest BCUT2D eigenvalue weighted by molar-refractivity contribution is -0.137. The van der Waals surface area contributed by atoms with E-state index >= 15 is 0 Å². The molecule has 0 aliphatic heterocycles. The lowest BCUT2D eigenvalue weighted by Gasteiger charge is -2.07. The molecule has 1 aromatic carbocycles. The van der Waals surface area contributed by atoms with Crippen LogP contribution in [0.3, 0.4) is 0 Å². The minimum absolute atomic E-state index is 0.186. The molecule has 0 fully saturated rings. The van der Waals surface area contributed by atoms with Crippen LogP contribution in [0.2, 0.25) is 0 Å². The molecule has 0 unspecified atom stereocenters. The summed E-state index contributed by atoms with van der Waals surface area (Å²) in [6.45, 7) is 0.641. The Morgan fingerprint density at radius 2 is 2.12 bits per heavy atom. The molecule has 0 aliphatic carbocycles. The van der Waals surface area contributed by atoms with Crippen molar-refractivity contribution >= 4 is 22.6 Å². The normalized spacial score (nSPS) is 10.4. The number of benzene rings is 1. The molecule has 17 heavy (non-hydrogen) atoms. The van der Waals surface area contributed by atoms with Crippen LogP contribution in [0.1, 0.15) is 12.8 Å². The molecule has 1 aromatic heterocycles. The fraction of sp³-hybridized carbons (Fsp3) is 0.231. The molecule has 0 aliphatic rings. The first-order chi connectivity index (χ1) is 8.27. The summed E-state index contributed by atoms with van der Waals surface area (Å²) in [5.74, 6) is -0.761. The van der Waals surface area contributed by atoms with Crippen molar-refractivity contribution in [3.63, 3.8) is 0 Å². The van der Waals surface area contributed by atoms with Gasteiger partial charge < -0.3 is 10.4 Å². The lowest BCUT2D eigenvalue weighted by Crippen LogP contribution is -2.05. The van der Waals surface area contributed by atoms with Crippen LogP contribution in [0.4, 0.5) is 5.69 Å². The number of nitrogens with zero attached hydrogens (tertiary/aromatic N) is 1. The third-order valence-electron chi connectivity index (χ3n) is 2.52. The van der Waals surface area contributed by atoms with Crippen LogP contribution in [0.5, 0.6) is 0 Å². The molecule has 0 spiro atoms. The fourth-order valence-electron chi connectivity index (χ4n) is 1.71. The van der Waals surface area contributed by atoms with Gasteiger partial charge in [0.1, 0.15) is 0 Å². The van der Waals surface area contributed by atoms with E-state index in [9.17, 15) is 4.79 Å². The average molecular weight is 230 g/mol. The molecular weight excluding hydrogens is 216 g/mol.